The van der Waals surface area contributed by atoms with E-state index >= 15 is 0 Å². The van der Waals surface area contributed by atoms with Gasteiger partial charge in [-0.15, -0.1) is 0 Å². The molecule has 174 valence electrons. The number of halogens is 1. The lowest BCUT2D eigenvalue weighted by atomic mass is 9.84. The molecule has 1 heterocycles. The Morgan fingerprint density at radius 1 is 1.12 bits per heavy atom. The first-order chi connectivity index (χ1) is 15.6. The van der Waals surface area contributed by atoms with Crippen molar-refractivity contribution in [2.24, 2.45) is 16.6 Å². The number of carbonyl (C=O) groups excluding carboxylic acids is 2. The van der Waals surface area contributed by atoms with Crippen molar-refractivity contribution in [3.8, 4) is 0 Å². The van der Waals surface area contributed by atoms with Gasteiger partial charge < -0.3 is 16.4 Å². The minimum atomic E-state index is -0.777. The number of ketones is 1. The van der Waals surface area contributed by atoms with Crippen LogP contribution in [0.4, 0.5) is 14.9 Å². The van der Waals surface area contributed by atoms with Gasteiger partial charge in [0.2, 0.25) is 0 Å². The predicted molar refractivity (Wildman–Crippen MR) is 130 cm³/mol. The van der Waals surface area contributed by atoms with Crippen molar-refractivity contribution >= 4 is 23.3 Å². The molecule has 1 atom stereocenters. The number of anilines is 1. The molecule has 0 spiro atoms. The topological polar surface area (TPSA) is 96.6 Å². The molecule has 0 saturated carbocycles. The summed E-state index contributed by atoms with van der Waals surface area (Å²) in [6.07, 6.45) is 3.43. The Bertz CT molecular complexity index is 1060. The summed E-state index contributed by atoms with van der Waals surface area (Å²) in [5.41, 5.74) is 8.77. The van der Waals surface area contributed by atoms with Gasteiger partial charge in [0.1, 0.15) is 17.2 Å². The molecule has 2 aromatic rings. The van der Waals surface area contributed by atoms with Crippen LogP contribution >= 0.6 is 0 Å². The third kappa shape index (κ3) is 7.00. The third-order valence-electron chi connectivity index (χ3n) is 5.53. The number of allylic oxidation sites excluding steroid dienone is 1. The highest BCUT2D eigenvalue weighted by Gasteiger charge is 2.35. The number of nitrogens with zero attached hydrogens (tertiary/aromatic N) is 1. The van der Waals surface area contributed by atoms with Gasteiger partial charge in [-0.05, 0) is 67.2 Å². The van der Waals surface area contributed by atoms with Crippen LogP contribution in [-0.2, 0) is 17.8 Å². The highest BCUT2D eigenvalue weighted by atomic mass is 19.1. The summed E-state index contributed by atoms with van der Waals surface area (Å²) in [6.45, 7) is 6.37. The van der Waals surface area contributed by atoms with Gasteiger partial charge in [-0.2, -0.15) is 0 Å². The molecule has 33 heavy (non-hydrogen) atoms. The fourth-order valence-corrected chi connectivity index (χ4v) is 4.03. The van der Waals surface area contributed by atoms with Gasteiger partial charge in [-0.25, -0.2) is 9.18 Å². The second kappa shape index (κ2) is 10.4. The van der Waals surface area contributed by atoms with E-state index in [1.807, 2.05) is 37.3 Å². The zero-order valence-electron chi connectivity index (χ0n) is 19.3. The summed E-state index contributed by atoms with van der Waals surface area (Å²) in [5, 5.41) is 5.43. The summed E-state index contributed by atoms with van der Waals surface area (Å²) < 4.78 is 13.0. The number of urea groups is 1. The molecule has 1 unspecified atom stereocenters. The first kappa shape index (κ1) is 24.2. The third-order valence-corrected chi connectivity index (χ3v) is 5.53. The summed E-state index contributed by atoms with van der Waals surface area (Å²) in [6, 6.07) is 13.0. The van der Waals surface area contributed by atoms with Crippen molar-refractivity contribution < 1.29 is 14.0 Å². The molecule has 0 aliphatic carbocycles. The van der Waals surface area contributed by atoms with Crippen LogP contribution in [0.3, 0.4) is 0 Å². The van der Waals surface area contributed by atoms with Crippen molar-refractivity contribution in [2.75, 3.05) is 5.32 Å². The number of rotatable bonds is 7. The Labute approximate surface area is 194 Å². The Morgan fingerprint density at radius 3 is 2.39 bits per heavy atom. The molecule has 7 heteroatoms. The predicted octanol–water partition coefficient (Wildman–Crippen LogP) is 4.75. The number of Topliss-reactive ketones (excluding diaryl/α,β-unsaturated/α-hetero) is 1. The molecular formula is C26H31FN4O2. The standard InChI is InChI=1S/C26H31FN4O2/c1-17(2)15-26(3)23(32)13-20(14-24(28)31-26)12-18-4-6-19(7-5-18)16-29-25(33)30-22-10-8-21(27)9-11-22/h4-11,14,17H,12-13,15-16H2,1-3H3,(H2,28,31)(H2,29,30,33). The largest absolute Gasteiger partial charge is 0.384 e. The van der Waals surface area contributed by atoms with Crippen molar-refractivity contribution in [1.29, 1.82) is 0 Å². The lowest BCUT2D eigenvalue weighted by Gasteiger charge is -2.25. The Kier molecular flexibility index (Phi) is 7.63. The number of nitrogens with two attached hydrogens (primary N) is 1. The van der Waals surface area contributed by atoms with Gasteiger partial charge in [0.05, 0.1) is 0 Å². The number of amides is 2. The maximum atomic E-state index is 13.0. The smallest absolute Gasteiger partial charge is 0.319 e. The van der Waals surface area contributed by atoms with E-state index in [-0.39, 0.29) is 17.6 Å². The first-order valence-electron chi connectivity index (χ1n) is 11.1. The highest BCUT2D eigenvalue weighted by molar-refractivity contribution is 6.00. The maximum Gasteiger partial charge on any atom is 0.319 e. The average molecular weight is 451 g/mol. The van der Waals surface area contributed by atoms with Gasteiger partial charge in [0.25, 0.3) is 0 Å². The lowest BCUT2D eigenvalue weighted by Crippen LogP contribution is -2.36. The molecule has 6 nitrogen and oxygen atoms in total. The fourth-order valence-electron chi connectivity index (χ4n) is 4.03. The van der Waals surface area contributed by atoms with Crippen LogP contribution in [0, 0.1) is 11.7 Å². The van der Waals surface area contributed by atoms with Crippen molar-refractivity contribution in [2.45, 2.75) is 52.1 Å². The Hall–Kier alpha value is -3.48. The molecule has 1 aliphatic rings. The molecule has 0 fully saturated rings. The maximum absolute atomic E-state index is 13.0. The van der Waals surface area contributed by atoms with Crippen LogP contribution in [0.2, 0.25) is 0 Å². The molecule has 0 aromatic heterocycles. The second-order valence-corrected chi connectivity index (χ2v) is 9.12. The number of amidine groups is 1. The first-order valence-corrected chi connectivity index (χ1v) is 11.1. The molecule has 3 rings (SSSR count). The molecule has 0 radical (unpaired) electrons. The van der Waals surface area contributed by atoms with Gasteiger partial charge in [0.15, 0.2) is 5.78 Å². The molecule has 2 aromatic carbocycles. The summed E-state index contributed by atoms with van der Waals surface area (Å²) in [4.78, 5) is 29.4. The fraction of sp³-hybridized carbons (Fsp3) is 0.346. The van der Waals surface area contributed by atoms with E-state index < -0.39 is 5.54 Å². The lowest BCUT2D eigenvalue weighted by molar-refractivity contribution is -0.123. The molecule has 0 saturated heterocycles. The van der Waals surface area contributed by atoms with E-state index in [1.165, 1.54) is 24.3 Å². The number of benzene rings is 2. The number of nitrogens with one attached hydrogen (secondary N) is 2. The minimum absolute atomic E-state index is 0.0934. The van der Waals surface area contributed by atoms with Crippen molar-refractivity contribution in [1.82, 2.24) is 5.32 Å². The van der Waals surface area contributed by atoms with E-state index in [0.29, 0.717) is 43.2 Å². The van der Waals surface area contributed by atoms with Crippen molar-refractivity contribution in [3.05, 3.63) is 77.1 Å². The summed E-state index contributed by atoms with van der Waals surface area (Å²) >= 11 is 0. The summed E-state index contributed by atoms with van der Waals surface area (Å²) in [7, 11) is 0. The van der Waals surface area contributed by atoms with Crippen LogP contribution in [-0.4, -0.2) is 23.2 Å². The average Bonchev–Trinajstić information content (AvgIpc) is 2.83. The van der Waals surface area contributed by atoms with Crippen LogP contribution in [0.25, 0.3) is 0 Å². The molecule has 1 aliphatic heterocycles. The second-order valence-electron chi connectivity index (χ2n) is 9.12. The Balaban J connectivity index is 1.55. The van der Waals surface area contributed by atoms with Gasteiger partial charge in [-0.3, -0.25) is 9.79 Å². The normalized spacial score (nSPS) is 18.4. The van der Waals surface area contributed by atoms with Gasteiger partial charge >= 0.3 is 6.03 Å². The van der Waals surface area contributed by atoms with Crippen LogP contribution in [0.1, 0.15) is 44.7 Å². The molecule has 2 amide bonds. The van der Waals surface area contributed by atoms with E-state index in [0.717, 1.165) is 16.7 Å². The molecular weight excluding hydrogens is 419 g/mol. The zero-order chi connectivity index (χ0) is 24.0. The number of hydrogen-bond acceptors (Lipinski definition) is 4. The van der Waals surface area contributed by atoms with Gasteiger partial charge in [0, 0.05) is 18.7 Å². The summed E-state index contributed by atoms with van der Waals surface area (Å²) in [5.74, 6) is 0.475. The van der Waals surface area contributed by atoms with Gasteiger partial charge in [-0.1, -0.05) is 43.7 Å². The van der Waals surface area contributed by atoms with E-state index in [4.69, 9.17) is 5.73 Å². The molecule has 4 N–H and O–H groups in total. The highest BCUT2D eigenvalue weighted by Crippen LogP contribution is 2.28. The van der Waals surface area contributed by atoms with Crippen LogP contribution < -0.4 is 16.4 Å². The van der Waals surface area contributed by atoms with Crippen LogP contribution in [0.15, 0.2) is 65.2 Å². The number of carbonyl (C=O) groups is 2. The molecule has 0 bridgehead atoms. The monoisotopic (exact) mass is 450 g/mol. The van der Waals surface area contributed by atoms with E-state index in [2.05, 4.69) is 29.5 Å². The van der Waals surface area contributed by atoms with Crippen LogP contribution in [0.5, 0.6) is 0 Å². The number of aliphatic imine (C=N–C) groups is 1. The quantitative estimate of drug-likeness (QED) is 0.568. The number of hydrogen-bond donors (Lipinski definition) is 3. The SMILES string of the molecule is CC(C)CC1(C)N=C(N)C=C(Cc2ccc(CNC(=O)Nc3ccc(F)cc3)cc2)CC1=O. The minimum Gasteiger partial charge on any atom is -0.384 e. The Morgan fingerprint density at radius 2 is 1.76 bits per heavy atom. The van der Waals surface area contributed by atoms with Crippen molar-refractivity contribution in [3.63, 3.8) is 0 Å². The zero-order valence-corrected chi connectivity index (χ0v) is 19.3. The van der Waals surface area contributed by atoms with E-state index in [9.17, 15) is 14.0 Å². The van der Waals surface area contributed by atoms with E-state index in [1.54, 1.807) is 0 Å².